The van der Waals surface area contributed by atoms with E-state index in [1.165, 1.54) is 5.56 Å². The molecule has 0 radical (unpaired) electrons. The number of benzene rings is 3. The zero-order valence-electron chi connectivity index (χ0n) is 16.0. The van der Waals surface area contributed by atoms with Crippen molar-refractivity contribution >= 4 is 23.6 Å². The van der Waals surface area contributed by atoms with Gasteiger partial charge >= 0.3 is 5.97 Å². The topological polar surface area (TPSA) is 66.4 Å². The van der Waals surface area contributed by atoms with E-state index in [9.17, 15) is 14.7 Å². The summed E-state index contributed by atoms with van der Waals surface area (Å²) in [7, 11) is 0. The average molecular weight is 406 g/mol. The van der Waals surface area contributed by atoms with E-state index in [1.807, 2.05) is 72.8 Å². The first-order chi connectivity index (χ1) is 14.1. The van der Waals surface area contributed by atoms with Crippen molar-refractivity contribution in [3.05, 3.63) is 96.1 Å². The van der Waals surface area contributed by atoms with E-state index < -0.39 is 12.0 Å². The van der Waals surface area contributed by atoms with Crippen molar-refractivity contribution in [1.29, 1.82) is 0 Å². The fourth-order valence-electron chi connectivity index (χ4n) is 3.01. The molecule has 148 valence electrons. The summed E-state index contributed by atoms with van der Waals surface area (Å²) in [6.45, 7) is 0. The van der Waals surface area contributed by atoms with Gasteiger partial charge in [0.15, 0.2) is 0 Å². The second kappa shape index (κ2) is 10.5. The van der Waals surface area contributed by atoms with Gasteiger partial charge in [-0.1, -0.05) is 78.9 Å². The van der Waals surface area contributed by atoms with Crippen LogP contribution in [0, 0.1) is 0 Å². The maximum Gasteiger partial charge on any atom is 0.326 e. The Hall–Kier alpha value is -3.05. The van der Waals surface area contributed by atoms with Crippen molar-refractivity contribution in [1.82, 2.24) is 5.32 Å². The molecule has 0 spiro atoms. The van der Waals surface area contributed by atoms with E-state index in [0.717, 1.165) is 16.9 Å². The number of thioether (sulfide) groups is 1. The Morgan fingerprint density at radius 2 is 1.48 bits per heavy atom. The van der Waals surface area contributed by atoms with Crippen molar-refractivity contribution in [2.24, 2.45) is 0 Å². The second-order valence-corrected chi connectivity index (χ2v) is 7.71. The maximum absolute atomic E-state index is 12.8. The number of carboxylic acid groups (broad SMARTS) is 1. The third-order valence-electron chi connectivity index (χ3n) is 4.52. The zero-order valence-corrected chi connectivity index (χ0v) is 16.8. The molecule has 0 heterocycles. The van der Waals surface area contributed by atoms with Crippen molar-refractivity contribution in [3.63, 3.8) is 0 Å². The molecule has 3 aromatic carbocycles. The van der Waals surface area contributed by atoms with Gasteiger partial charge in [0.2, 0.25) is 0 Å². The van der Waals surface area contributed by atoms with Gasteiger partial charge in [0.25, 0.3) is 5.91 Å². The van der Waals surface area contributed by atoms with Crippen molar-refractivity contribution in [2.75, 3.05) is 5.75 Å². The Bertz CT molecular complexity index is 945. The Morgan fingerprint density at radius 1 is 0.862 bits per heavy atom. The molecule has 0 aliphatic heterocycles. The van der Waals surface area contributed by atoms with Gasteiger partial charge in [0.1, 0.15) is 6.04 Å². The predicted molar refractivity (Wildman–Crippen MR) is 118 cm³/mol. The van der Waals surface area contributed by atoms with E-state index in [-0.39, 0.29) is 5.91 Å². The van der Waals surface area contributed by atoms with Crippen LogP contribution in [0.2, 0.25) is 0 Å². The van der Waals surface area contributed by atoms with Gasteiger partial charge in [-0.3, -0.25) is 4.79 Å². The lowest BCUT2D eigenvalue weighted by atomic mass is 9.99. The number of nitrogens with one attached hydrogen (secondary N) is 1. The number of hydrogen-bond donors (Lipinski definition) is 2. The molecule has 0 aliphatic carbocycles. The Kier molecular flexibility index (Phi) is 7.47. The molecule has 3 aromatic rings. The molecule has 0 aliphatic rings. The van der Waals surface area contributed by atoms with E-state index in [4.69, 9.17) is 0 Å². The molecule has 5 heteroatoms. The van der Waals surface area contributed by atoms with Crippen LogP contribution in [0.3, 0.4) is 0 Å². The summed E-state index contributed by atoms with van der Waals surface area (Å²) in [4.78, 5) is 24.5. The number of carboxylic acids is 1. The van der Waals surface area contributed by atoms with Crippen LogP contribution in [0.25, 0.3) is 11.1 Å². The summed E-state index contributed by atoms with van der Waals surface area (Å²) in [6, 6.07) is 26.0. The number of carbonyl (C=O) groups excluding carboxylic acids is 1. The van der Waals surface area contributed by atoms with E-state index >= 15 is 0 Å². The summed E-state index contributed by atoms with van der Waals surface area (Å²) < 4.78 is 0. The van der Waals surface area contributed by atoms with Crippen molar-refractivity contribution < 1.29 is 14.7 Å². The fraction of sp³-hybridized carbons (Fsp3) is 0.167. The van der Waals surface area contributed by atoms with Crippen LogP contribution in [-0.4, -0.2) is 28.8 Å². The Morgan fingerprint density at radius 3 is 2.17 bits per heavy atom. The fourth-order valence-corrected chi connectivity index (χ4v) is 3.98. The molecule has 3 rings (SSSR count). The van der Waals surface area contributed by atoms with Crippen LogP contribution in [0.4, 0.5) is 0 Å². The summed E-state index contributed by atoms with van der Waals surface area (Å²) in [5, 5.41) is 12.2. The molecule has 0 bridgehead atoms. The summed E-state index contributed by atoms with van der Waals surface area (Å²) >= 11 is 1.66. The van der Waals surface area contributed by atoms with Gasteiger partial charge in [-0.2, -0.15) is 11.8 Å². The van der Waals surface area contributed by atoms with Gasteiger partial charge in [-0.05, 0) is 34.9 Å². The first-order valence-corrected chi connectivity index (χ1v) is 10.6. The number of rotatable bonds is 9. The Labute approximate surface area is 175 Å². The molecule has 0 saturated carbocycles. The molecule has 0 aromatic heterocycles. The largest absolute Gasteiger partial charge is 0.480 e. The molecule has 29 heavy (non-hydrogen) atoms. The second-order valence-electron chi connectivity index (χ2n) is 6.60. The minimum Gasteiger partial charge on any atom is -0.480 e. The number of aliphatic carboxylic acids is 1. The summed E-state index contributed by atoms with van der Waals surface area (Å²) in [6.07, 6.45) is 0.367. The third kappa shape index (κ3) is 5.96. The van der Waals surface area contributed by atoms with Crippen LogP contribution < -0.4 is 5.32 Å². The highest BCUT2D eigenvalue weighted by Crippen LogP contribution is 2.23. The summed E-state index contributed by atoms with van der Waals surface area (Å²) in [5.41, 5.74) is 3.38. The first-order valence-electron chi connectivity index (χ1n) is 9.45. The lowest BCUT2D eigenvalue weighted by Crippen LogP contribution is -2.41. The lowest BCUT2D eigenvalue weighted by Gasteiger charge is -2.16. The highest BCUT2D eigenvalue weighted by molar-refractivity contribution is 7.98. The molecule has 4 nitrogen and oxygen atoms in total. The predicted octanol–water partition coefficient (Wildman–Crippen LogP) is 4.86. The van der Waals surface area contributed by atoms with Crippen LogP contribution in [0.1, 0.15) is 22.3 Å². The standard InChI is InChI=1S/C24H23NO3S/c26-23(21-14-8-7-13-20(21)19-11-5-2-6-12-19)25-22(24(27)28)15-16-29-17-18-9-3-1-4-10-18/h1-14,22H,15-17H2,(H,25,26)(H,27,28)/t22-/m0/s1. The van der Waals surface area contributed by atoms with Gasteiger partial charge in [-0.15, -0.1) is 0 Å². The smallest absolute Gasteiger partial charge is 0.326 e. The number of hydrogen-bond acceptors (Lipinski definition) is 3. The lowest BCUT2D eigenvalue weighted by molar-refractivity contribution is -0.139. The molecule has 1 amide bonds. The number of carbonyl (C=O) groups is 2. The molecule has 0 saturated heterocycles. The molecule has 0 unspecified atom stereocenters. The maximum atomic E-state index is 12.8. The highest BCUT2D eigenvalue weighted by atomic mass is 32.2. The zero-order chi connectivity index (χ0) is 20.5. The molecule has 0 fully saturated rings. The normalized spacial score (nSPS) is 11.6. The van der Waals surface area contributed by atoms with Gasteiger partial charge in [0, 0.05) is 11.3 Å². The van der Waals surface area contributed by atoms with Crippen molar-refractivity contribution in [2.45, 2.75) is 18.2 Å². The van der Waals surface area contributed by atoms with E-state index in [1.54, 1.807) is 23.9 Å². The monoisotopic (exact) mass is 405 g/mol. The van der Waals surface area contributed by atoms with Gasteiger partial charge < -0.3 is 10.4 Å². The van der Waals surface area contributed by atoms with Gasteiger partial charge in [-0.25, -0.2) is 4.79 Å². The van der Waals surface area contributed by atoms with E-state index in [2.05, 4.69) is 5.32 Å². The van der Waals surface area contributed by atoms with E-state index in [0.29, 0.717) is 17.7 Å². The molecular formula is C24H23NO3S. The van der Waals surface area contributed by atoms with Gasteiger partial charge in [0.05, 0.1) is 0 Å². The molecular weight excluding hydrogens is 382 g/mol. The Balaban J connectivity index is 1.62. The SMILES string of the molecule is O=C(N[C@@H](CCSCc1ccccc1)C(=O)O)c1ccccc1-c1ccccc1. The number of amides is 1. The van der Waals surface area contributed by atoms with Crippen molar-refractivity contribution in [3.8, 4) is 11.1 Å². The van der Waals surface area contributed by atoms with Crippen LogP contribution in [-0.2, 0) is 10.5 Å². The summed E-state index contributed by atoms with van der Waals surface area (Å²) in [5.74, 6) is 0.0746. The molecule has 2 N–H and O–H groups in total. The van der Waals surface area contributed by atoms with Crippen LogP contribution >= 0.6 is 11.8 Å². The molecule has 1 atom stereocenters. The average Bonchev–Trinajstić information content (AvgIpc) is 2.77. The minimum atomic E-state index is -1.02. The quantitative estimate of drug-likeness (QED) is 0.499. The minimum absolute atomic E-state index is 0.367. The highest BCUT2D eigenvalue weighted by Gasteiger charge is 2.22. The first kappa shape index (κ1) is 20.7. The van der Waals surface area contributed by atoms with Crippen LogP contribution in [0.5, 0.6) is 0 Å². The third-order valence-corrected chi connectivity index (χ3v) is 5.58. The van der Waals surface area contributed by atoms with Crippen LogP contribution in [0.15, 0.2) is 84.9 Å².